The number of hydrogen-bond acceptors (Lipinski definition) is 4. The minimum atomic E-state index is -0.440. The highest BCUT2D eigenvalue weighted by Gasteiger charge is 2.16. The van der Waals surface area contributed by atoms with Crippen molar-refractivity contribution in [2.75, 3.05) is 18.9 Å². The van der Waals surface area contributed by atoms with Crippen LogP contribution in [0, 0.1) is 12.7 Å². The molecule has 1 heterocycles. The Bertz CT molecular complexity index is 658. The predicted molar refractivity (Wildman–Crippen MR) is 73.1 cm³/mol. The Morgan fingerprint density at radius 1 is 1.05 bits per heavy atom. The first kappa shape index (κ1) is 12.6. The molecule has 0 saturated heterocycles. The van der Waals surface area contributed by atoms with Gasteiger partial charge in [0.05, 0.1) is 5.69 Å². The van der Waals surface area contributed by atoms with E-state index in [2.05, 4.69) is 0 Å². The number of anilines is 1. The number of benzene rings is 2. The number of nitrogen functional groups attached to an aromatic ring is 1. The third-order valence-electron chi connectivity index (χ3n) is 2.98. The highest BCUT2D eigenvalue weighted by molar-refractivity contribution is 5.63. The summed E-state index contributed by atoms with van der Waals surface area (Å²) in [4.78, 5) is 0. The molecule has 3 rings (SSSR count). The van der Waals surface area contributed by atoms with Gasteiger partial charge in [-0.3, -0.25) is 0 Å². The number of fused-ring (bicyclic) bond motifs is 1. The fourth-order valence-electron chi connectivity index (χ4n) is 1.98. The van der Waals surface area contributed by atoms with Crippen LogP contribution in [0.1, 0.15) is 5.56 Å². The maximum atomic E-state index is 13.7. The van der Waals surface area contributed by atoms with Crippen LogP contribution in [-0.2, 0) is 0 Å². The Labute approximate surface area is 115 Å². The summed E-state index contributed by atoms with van der Waals surface area (Å²) in [6.07, 6.45) is 0. The van der Waals surface area contributed by atoms with Crippen molar-refractivity contribution >= 4 is 5.69 Å². The van der Waals surface area contributed by atoms with E-state index in [-0.39, 0.29) is 5.75 Å². The number of ether oxygens (including phenoxy) is 3. The highest BCUT2D eigenvalue weighted by atomic mass is 19.1. The molecule has 0 atom stereocenters. The summed E-state index contributed by atoms with van der Waals surface area (Å²) in [5.41, 5.74) is 7.17. The van der Waals surface area contributed by atoms with Gasteiger partial charge in [0.1, 0.15) is 13.2 Å². The molecular weight excluding hydrogens is 261 g/mol. The molecule has 0 amide bonds. The van der Waals surface area contributed by atoms with Crippen molar-refractivity contribution in [3.8, 4) is 23.0 Å². The van der Waals surface area contributed by atoms with Crippen LogP contribution < -0.4 is 19.9 Å². The maximum absolute atomic E-state index is 13.7. The van der Waals surface area contributed by atoms with Crippen molar-refractivity contribution < 1.29 is 18.6 Å². The Morgan fingerprint density at radius 2 is 1.75 bits per heavy atom. The number of aryl methyl sites for hydroxylation is 1. The van der Waals surface area contributed by atoms with Crippen molar-refractivity contribution in [1.82, 2.24) is 0 Å². The van der Waals surface area contributed by atoms with Crippen molar-refractivity contribution in [1.29, 1.82) is 0 Å². The van der Waals surface area contributed by atoms with Gasteiger partial charge in [-0.25, -0.2) is 4.39 Å². The van der Waals surface area contributed by atoms with E-state index in [0.29, 0.717) is 36.1 Å². The van der Waals surface area contributed by atoms with Crippen LogP contribution in [0.2, 0.25) is 0 Å². The molecule has 0 aromatic heterocycles. The van der Waals surface area contributed by atoms with E-state index in [1.807, 2.05) is 6.92 Å². The zero-order valence-corrected chi connectivity index (χ0v) is 11.0. The van der Waals surface area contributed by atoms with E-state index >= 15 is 0 Å². The lowest BCUT2D eigenvalue weighted by Crippen LogP contribution is -2.15. The van der Waals surface area contributed by atoms with Crippen LogP contribution in [0.3, 0.4) is 0 Å². The monoisotopic (exact) mass is 275 g/mol. The lowest BCUT2D eigenvalue weighted by Gasteiger charge is -2.20. The molecule has 0 aliphatic carbocycles. The Kier molecular flexibility index (Phi) is 3.10. The van der Waals surface area contributed by atoms with E-state index in [1.165, 1.54) is 6.07 Å². The maximum Gasteiger partial charge on any atom is 0.165 e. The van der Waals surface area contributed by atoms with Crippen molar-refractivity contribution in [3.63, 3.8) is 0 Å². The summed E-state index contributed by atoms with van der Waals surface area (Å²) in [7, 11) is 0. The Balaban J connectivity index is 1.96. The standard InChI is InChI=1S/C15H14FNO3/c1-9-2-3-10(16)12(6-9)20-13-8-15-14(7-11(13)17)18-4-5-19-15/h2-3,6-8H,4-5,17H2,1H3. The average molecular weight is 275 g/mol. The van der Waals surface area contributed by atoms with Gasteiger partial charge in [0, 0.05) is 12.1 Å². The molecule has 0 radical (unpaired) electrons. The van der Waals surface area contributed by atoms with Crippen molar-refractivity contribution in [3.05, 3.63) is 41.7 Å². The van der Waals surface area contributed by atoms with E-state index in [0.717, 1.165) is 5.56 Å². The summed E-state index contributed by atoms with van der Waals surface area (Å²) in [6, 6.07) is 7.89. The molecule has 1 aliphatic rings. The molecule has 2 aromatic carbocycles. The number of hydrogen-bond donors (Lipinski definition) is 1. The van der Waals surface area contributed by atoms with Gasteiger partial charge in [0.15, 0.2) is 28.8 Å². The SMILES string of the molecule is Cc1ccc(F)c(Oc2cc3c(cc2N)OCCO3)c1. The lowest BCUT2D eigenvalue weighted by molar-refractivity contribution is 0.171. The first-order valence-corrected chi connectivity index (χ1v) is 6.26. The van der Waals surface area contributed by atoms with Gasteiger partial charge in [-0.05, 0) is 24.6 Å². The van der Waals surface area contributed by atoms with E-state index in [1.54, 1.807) is 24.3 Å². The predicted octanol–water partition coefficient (Wildman–Crippen LogP) is 3.28. The quantitative estimate of drug-likeness (QED) is 0.854. The van der Waals surface area contributed by atoms with Gasteiger partial charge in [-0.2, -0.15) is 0 Å². The summed E-state index contributed by atoms with van der Waals surface area (Å²) in [6.45, 7) is 2.81. The van der Waals surface area contributed by atoms with Gasteiger partial charge >= 0.3 is 0 Å². The van der Waals surface area contributed by atoms with E-state index in [4.69, 9.17) is 19.9 Å². The van der Waals surface area contributed by atoms with E-state index < -0.39 is 5.82 Å². The Hall–Kier alpha value is -2.43. The molecule has 0 unspecified atom stereocenters. The molecule has 0 saturated carbocycles. The van der Waals surface area contributed by atoms with Crippen molar-refractivity contribution in [2.24, 2.45) is 0 Å². The highest BCUT2D eigenvalue weighted by Crippen LogP contribution is 2.40. The fraction of sp³-hybridized carbons (Fsp3) is 0.200. The van der Waals surface area contributed by atoms with Crippen LogP contribution in [-0.4, -0.2) is 13.2 Å². The first-order chi connectivity index (χ1) is 9.63. The normalized spacial score (nSPS) is 13.1. The van der Waals surface area contributed by atoms with Crippen LogP contribution in [0.25, 0.3) is 0 Å². The second-order valence-electron chi connectivity index (χ2n) is 4.57. The first-order valence-electron chi connectivity index (χ1n) is 6.26. The van der Waals surface area contributed by atoms with Crippen LogP contribution in [0.5, 0.6) is 23.0 Å². The van der Waals surface area contributed by atoms with Gasteiger partial charge < -0.3 is 19.9 Å². The molecule has 4 nitrogen and oxygen atoms in total. The molecular formula is C15H14FNO3. The minimum Gasteiger partial charge on any atom is -0.486 e. The fourth-order valence-corrected chi connectivity index (χ4v) is 1.98. The van der Waals surface area contributed by atoms with Gasteiger partial charge in [-0.1, -0.05) is 6.07 Å². The molecule has 1 aliphatic heterocycles. The Morgan fingerprint density at radius 3 is 2.50 bits per heavy atom. The summed E-state index contributed by atoms with van der Waals surface area (Å²) in [5.74, 6) is 1.16. The van der Waals surface area contributed by atoms with Gasteiger partial charge in [-0.15, -0.1) is 0 Å². The number of halogens is 1. The van der Waals surface area contributed by atoms with Crippen LogP contribution >= 0.6 is 0 Å². The lowest BCUT2D eigenvalue weighted by atomic mass is 10.2. The molecule has 104 valence electrons. The molecule has 0 spiro atoms. The topological polar surface area (TPSA) is 53.7 Å². The molecule has 5 heteroatoms. The summed E-state index contributed by atoms with van der Waals surface area (Å²) < 4.78 is 30.1. The third kappa shape index (κ3) is 2.34. The zero-order valence-electron chi connectivity index (χ0n) is 11.0. The van der Waals surface area contributed by atoms with Crippen LogP contribution in [0.15, 0.2) is 30.3 Å². The average Bonchev–Trinajstić information content (AvgIpc) is 2.43. The molecule has 2 aromatic rings. The minimum absolute atomic E-state index is 0.133. The smallest absolute Gasteiger partial charge is 0.165 e. The number of nitrogens with two attached hydrogens (primary N) is 1. The molecule has 2 N–H and O–H groups in total. The van der Waals surface area contributed by atoms with Crippen molar-refractivity contribution in [2.45, 2.75) is 6.92 Å². The van der Waals surface area contributed by atoms with E-state index in [9.17, 15) is 4.39 Å². The zero-order chi connectivity index (χ0) is 14.1. The summed E-state index contributed by atoms with van der Waals surface area (Å²) in [5, 5.41) is 0. The van der Waals surface area contributed by atoms with Gasteiger partial charge in [0.25, 0.3) is 0 Å². The molecule has 0 fully saturated rings. The number of rotatable bonds is 2. The molecule has 20 heavy (non-hydrogen) atoms. The third-order valence-corrected chi connectivity index (χ3v) is 2.98. The van der Waals surface area contributed by atoms with Gasteiger partial charge in [0.2, 0.25) is 0 Å². The second kappa shape index (κ2) is 4.92. The largest absolute Gasteiger partial charge is 0.486 e. The second-order valence-corrected chi connectivity index (χ2v) is 4.57. The van der Waals surface area contributed by atoms with Crippen LogP contribution in [0.4, 0.5) is 10.1 Å². The summed E-state index contributed by atoms with van der Waals surface area (Å²) >= 11 is 0. The molecule has 0 bridgehead atoms.